The topological polar surface area (TPSA) is 80.5 Å². The molecule has 0 unspecified atom stereocenters. The molecule has 0 amide bonds. The van der Waals surface area contributed by atoms with E-state index in [1.54, 1.807) is 6.20 Å². The molecule has 4 aromatic rings. The van der Waals surface area contributed by atoms with Gasteiger partial charge in [0.1, 0.15) is 11.5 Å². The van der Waals surface area contributed by atoms with Crippen LogP contribution in [0.5, 0.6) is 0 Å². The second-order valence-corrected chi connectivity index (χ2v) is 5.50. The van der Waals surface area contributed by atoms with Crippen molar-refractivity contribution in [2.24, 2.45) is 0 Å². The van der Waals surface area contributed by atoms with E-state index < -0.39 is 0 Å². The molecule has 0 aliphatic rings. The summed E-state index contributed by atoms with van der Waals surface area (Å²) in [6, 6.07) is 13.5. The standard InChI is InChI=1S/C15H11N5OS/c1-2-6-11-10(5-1)17-13(18-11)9-22-15-20-19-14(21-15)12-7-3-4-8-16-12/h1-8H,9H2,(H,17,18). The van der Waals surface area contributed by atoms with Gasteiger partial charge in [-0.15, -0.1) is 10.2 Å². The summed E-state index contributed by atoms with van der Waals surface area (Å²) in [5, 5.41) is 8.54. The molecule has 7 heteroatoms. The van der Waals surface area contributed by atoms with E-state index >= 15 is 0 Å². The summed E-state index contributed by atoms with van der Waals surface area (Å²) < 4.78 is 5.60. The molecule has 0 aliphatic heterocycles. The SMILES string of the molecule is c1ccc(-c2nnc(SCc3nc4ccccc4[nH]3)o2)nc1. The van der Waals surface area contributed by atoms with E-state index in [1.165, 1.54) is 11.8 Å². The van der Waals surface area contributed by atoms with E-state index in [9.17, 15) is 0 Å². The molecule has 0 saturated carbocycles. The van der Waals surface area contributed by atoms with Gasteiger partial charge in [-0.2, -0.15) is 0 Å². The summed E-state index contributed by atoms with van der Waals surface area (Å²) in [6.45, 7) is 0. The predicted octanol–water partition coefficient (Wildman–Crippen LogP) is 3.30. The highest BCUT2D eigenvalue weighted by Gasteiger charge is 2.11. The van der Waals surface area contributed by atoms with Crippen molar-refractivity contribution in [1.29, 1.82) is 0 Å². The Balaban J connectivity index is 1.49. The van der Waals surface area contributed by atoms with Crippen molar-refractivity contribution in [1.82, 2.24) is 25.1 Å². The number of thioether (sulfide) groups is 1. The summed E-state index contributed by atoms with van der Waals surface area (Å²) in [6.07, 6.45) is 1.70. The summed E-state index contributed by atoms with van der Waals surface area (Å²) in [4.78, 5) is 12.0. The number of rotatable bonds is 4. The third kappa shape index (κ3) is 2.58. The minimum Gasteiger partial charge on any atom is -0.410 e. The Kier molecular flexibility index (Phi) is 3.32. The lowest BCUT2D eigenvalue weighted by Crippen LogP contribution is -1.83. The van der Waals surface area contributed by atoms with Crippen molar-refractivity contribution >= 4 is 22.8 Å². The minimum atomic E-state index is 0.424. The first-order valence-electron chi connectivity index (χ1n) is 6.70. The Labute approximate surface area is 130 Å². The molecule has 6 nitrogen and oxygen atoms in total. The van der Waals surface area contributed by atoms with Gasteiger partial charge in [-0.1, -0.05) is 30.0 Å². The van der Waals surface area contributed by atoms with Crippen molar-refractivity contribution in [3.63, 3.8) is 0 Å². The van der Waals surface area contributed by atoms with Crippen LogP contribution in [0.2, 0.25) is 0 Å². The molecule has 0 atom stereocenters. The number of hydrogen-bond donors (Lipinski definition) is 1. The van der Waals surface area contributed by atoms with Crippen LogP contribution in [-0.4, -0.2) is 25.1 Å². The molecule has 3 heterocycles. The van der Waals surface area contributed by atoms with Gasteiger partial charge in [0, 0.05) is 6.20 Å². The van der Waals surface area contributed by atoms with Gasteiger partial charge >= 0.3 is 0 Å². The van der Waals surface area contributed by atoms with Gasteiger partial charge in [0.25, 0.3) is 11.1 Å². The van der Waals surface area contributed by atoms with Gasteiger partial charge in [0.05, 0.1) is 16.8 Å². The number of hydrogen-bond acceptors (Lipinski definition) is 6. The lowest BCUT2D eigenvalue weighted by Gasteiger charge is -1.93. The van der Waals surface area contributed by atoms with Crippen LogP contribution >= 0.6 is 11.8 Å². The van der Waals surface area contributed by atoms with Crippen molar-refractivity contribution < 1.29 is 4.42 Å². The van der Waals surface area contributed by atoms with E-state index in [4.69, 9.17) is 4.42 Å². The molecule has 3 aromatic heterocycles. The zero-order valence-corrected chi connectivity index (χ0v) is 12.2. The van der Waals surface area contributed by atoms with Crippen LogP contribution in [0.1, 0.15) is 5.82 Å². The van der Waals surface area contributed by atoms with Crippen LogP contribution in [0.4, 0.5) is 0 Å². The fourth-order valence-electron chi connectivity index (χ4n) is 2.06. The van der Waals surface area contributed by atoms with E-state index in [2.05, 4.69) is 25.1 Å². The predicted molar refractivity (Wildman–Crippen MR) is 83.2 cm³/mol. The highest BCUT2D eigenvalue weighted by Crippen LogP contribution is 2.24. The Hall–Kier alpha value is -2.67. The van der Waals surface area contributed by atoms with Gasteiger partial charge in [0.2, 0.25) is 0 Å². The number of nitrogens with one attached hydrogen (secondary N) is 1. The maximum absolute atomic E-state index is 5.60. The van der Waals surface area contributed by atoms with Crippen molar-refractivity contribution in [3.05, 3.63) is 54.5 Å². The van der Waals surface area contributed by atoms with E-state index in [0.29, 0.717) is 22.6 Å². The molecule has 1 aromatic carbocycles. The highest BCUT2D eigenvalue weighted by atomic mass is 32.2. The maximum Gasteiger partial charge on any atom is 0.277 e. The Bertz CT molecular complexity index is 869. The van der Waals surface area contributed by atoms with Gasteiger partial charge in [-0.3, -0.25) is 4.98 Å². The van der Waals surface area contributed by atoms with Crippen LogP contribution in [0.25, 0.3) is 22.6 Å². The Morgan fingerprint density at radius 3 is 2.82 bits per heavy atom. The highest BCUT2D eigenvalue weighted by molar-refractivity contribution is 7.98. The second-order valence-electron chi connectivity index (χ2n) is 4.58. The molecule has 108 valence electrons. The minimum absolute atomic E-state index is 0.424. The average Bonchev–Trinajstić information content (AvgIpc) is 3.20. The Morgan fingerprint density at radius 1 is 1.05 bits per heavy atom. The van der Waals surface area contributed by atoms with Crippen LogP contribution < -0.4 is 0 Å². The van der Waals surface area contributed by atoms with E-state index in [-0.39, 0.29) is 0 Å². The lowest BCUT2D eigenvalue weighted by atomic mass is 10.3. The molecule has 22 heavy (non-hydrogen) atoms. The zero-order chi connectivity index (χ0) is 14.8. The molecule has 0 spiro atoms. The molecule has 1 N–H and O–H groups in total. The number of pyridine rings is 1. The van der Waals surface area contributed by atoms with E-state index in [1.807, 2.05) is 42.5 Å². The number of benzene rings is 1. The van der Waals surface area contributed by atoms with Crippen LogP contribution in [0.3, 0.4) is 0 Å². The molecule has 0 bridgehead atoms. The zero-order valence-electron chi connectivity index (χ0n) is 11.4. The number of fused-ring (bicyclic) bond motifs is 1. The smallest absolute Gasteiger partial charge is 0.277 e. The number of imidazole rings is 1. The van der Waals surface area contributed by atoms with Crippen molar-refractivity contribution in [2.75, 3.05) is 0 Å². The number of aromatic nitrogens is 5. The lowest BCUT2D eigenvalue weighted by molar-refractivity contribution is 0.464. The number of aromatic amines is 1. The maximum atomic E-state index is 5.60. The van der Waals surface area contributed by atoms with Crippen molar-refractivity contribution in [2.45, 2.75) is 11.0 Å². The molecule has 0 radical (unpaired) electrons. The first-order chi connectivity index (χ1) is 10.9. The first kappa shape index (κ1) is 13.0. The Morgan fingerprint density at radius 2 is 1.95 bits per heavy atom. The summed E-state index contributed by atoms with van der Waals surface area (Å²) in [7, 11) is 0. The average molecular weight is 309 g/mol. The van der Waals surface area contributed by atoms with Crippen LogP contribution in [0.15, 0.2) is 58.3 Å². The number of H-pyrrole nitrogens is 1. The fourth-order valence-corrected chi connectivity index (χ4v) is 2.70. The normalized spacial score (nSPS) is 11.1. The van der Waals surface area contributed by atoms with Gasteiger partial charge in [-0.05, 0) is 24.3 Å². The van der Waals surface area contributed by atoms with Gasteiger partial charge < -0.3 is 9.40 Å². The molecule has 0 aliphatic carbocycles. The summed E-state index contributed by atoms with van der Waals surface area (Å²) in [5.41, 5.74) is 2.65. The largest absolute Gasteiger partial charge is 0.410 e. The van der Waals surface area contributed by atoms with Crippen molar-refractivity contribution in [3.8, 4) is 11.6 Å². The molecule has 0 saturated heterocycles. The third-order valence-corrected chi connectivity index (χ3v) is 3.89. The number of nitrogens with zero attached hydrogens (tertiary/aromatic N) is 4. The molecule has 0 fully saturated rings. The van der Waals surface area contributed by atoms with Gasteiger partial charge in [-0.25, -0.2) is 4.98 Å². The van der Waals surface area contributed by atoms with Crippen LogP contribution in [-0.2, 0) is 5.75 Å². The van der Waals surface area contributed by atoms with E-state index in [0.717, 1.165) is 16.9 Å². The van der Waals surface area contributed by atoms with Crippen LogP contribution in [0, 0.1) is 0 Å². The molecule has 4 rings (SSSR count). The number of para-hydroxylation sites is 2. The summed E-state index contributed by atoms with van der Waals surface area (Å²) in [5.74, 6) is 1.94. The summed E-state index contributed by atoms with van der Waals surface area (Å²) >= 11 is 1.44. The second kappa shape index (κ2) is 5.61. The fraction of sp³-hybridized carbons (Fsp3) is 0.0667. The molecular weight excluding hydrogens is 298 g/mol. The molecular formula is C15H11N5OS. The van der Waals surface area contributed by atoms with Gasteiger partial charge in [0.15, 0.2) is 0 Å². The monoisotopic (exact) mass is 309 g/mol. The third-order valence-electron chi connectivity index (χ3n) is 3.06. The first-order valence-corrected chi connectivity index (χ1v) is 7.68. The quantitative estimate of drug-likeness (QED) is 0.583.